The molecule has 0 spiro atoms. The Bertz CT molecular complexity index is 298. The molecule has 1 rings (SSSR count). The third-order valence-corrected chi connectivity index (χ3v) is 6.00. The molecule has 0 aromatic heterocycles. The monoisotopic (exact) mass is 208 g/mol. The van der Waals surface area contributed by atoms with Crippen molar-refractivity contribution < 1.29 is 0 Å². The molecule has 0 aliphatic heterocycles. The Labute approximate surface area is 85.8 Å². The van der Waals surface area contributed by atoms with Crippen molar-refractivity contribution in [3.8, 4) is 0 Å². The lowest BCUT2D eigenvalue weighted by Gasteiger charge is -2.23. The summed E-state index contributed by atoms with van der Waals surface area (Å²) in [5.41, 5.74) is 2.94. The molecule has 72 valence electrons. The van der Waals surface area contributed by atoms with Crippen LogP contribution < -0.4 is 10.4 Å². The van der Waals surface area contributed by atoms with Gasteiger partial charge in [0.1, 0.15) is 0 Å². The van der Waals surface area contributed by atoms with Gasteiger partial charge in [-0.25, -0.2) is 0 Å². The molecule has 0 fully saturated rings. The summed E-state index contributed by atoms with van der Waals surface area (Å²) in [6.07, 6.45) is 0. The van der Waals surface area contributed by atoms with Gasteiger partial charge in [-0.3, -0.25) is 0 Å². The summed E-state index contributed by atoms with van der Waals surface area (Å²) in [6.45, 7) is 11.8. The highest BCUT2D eigenvalue weighted by atomic mass is 28.3. The molecule has 1 aromatic carbocycles. The molecule has 0 saturated carbocycles. The van der Waals surface area contributed by atoms with Gasteiger partial charge >= 0.3 is 0 Å². The smallest absolute Gasteiger partial charge is 0.0710 e. The third kappa shape index (κ3) is 2.32. The van der Waals surface area contributed by atoms with Crippen molar-refractivity contribution in [3.63, 3.8) is 0 Å². The maximum atomic E-state index is 2.44. The molecule has 2 heteroatoms. The van der Waals surface area contributed by atoms with Crippen LogP contribution in [-0.2, 0) is 0 Å². The van der Waals surface area contributed by atoms with E-state index in [1.165, 1.54) is 21.4 Å². The van der Waals surface area contributed by atoms with Crippen LogP contribution in [-0.4, -0.2) is 18.3 Å². The van der Waals surface area contributed by atoms with E-state index < -0.39 is 8.07 Å². The Balaban J connectivity index is 3.38. The van der Waals surface area contributed by atoms with E-state index in [1.54, 1.807) is 10.4 Å². The zero-order chi connectivity index (χ0) is 10.2. The van der Waals surface area contributed by atoms with E-state index in [0.29, 0.717) is 0 Å². The van der Waals surface area contributed by atoms with E-state index in [4.69, 9.17) is 0 Å². The average Bonchev–Trinajstić information content (AvgIpc) is 1.78. The van der Waals surface area contributed by atoms with Crippen molar-refractivity contribution >= 4 is 28.7 Å². The van der Waals surface area contributed by atoms with Crippen LogP contribution in [0.2, 0.25) is 19.6 Å². The minimum absolute atomic E-state index is 1.11. The Morgan fingerprint density at radius 1 is 1.08 bits per heavy atom. The molecule has 0 heterocycles. The summed E-state index contributed by atoms with van der Waals surface area (Å²) in [5.74, 6) is 0. The van der Waals surface area contributed by atoms with E-state index in [9.17, 15) is 0 Å². The van der Waals surface area contributed by atoms with E-state index in [2.05, 4.69) is 45.6 Å². The second-order valence-electron chi connectivity index (χ2n) is 5.02. The lowest BCUT2D eigenvalue weighted by atomic mass is 10.1. The number of hydrogen-bond donors (Lipinski definition) is 0. The van der Waals surface area contributed by atoms with Crippen LogP contribution in [0.1, 0.15) is 11.1 Å². The van der Waals surface area contributed by atoms with Crippen molar-refractivity contribution in [3.05, 3.63) is 23.3 Å². The van der Waals surface area contributed by atoms with Gasteiger partial charge in [0.05, 0.1) is 8.07 Å². The third-order valence-electron chi connectivity index (χ3n) is 2.43. The standard InChI is InChI=1S/C11H20Si2/c1-8-6-9(2)11(10(12)7-8)13(3,4)5/h6-7H,1-5,12H3. The number of benzene rings is 1. The molecule has 0 atom stereocenters. The second-order valence-corrected chi connectivity index (χ2v) is 11.1. The van der Waals surface area contributed by atoms with Crippen LogP contribution in [0.15, 0.2) is 12.1 Å². The van der Waals surface area contributed by atoms with Crippen LogP contribution >= 0.6 is 0 Å². The first-order valence-corrected chi connectivity index (χ1v) is 9.40. The SMILES string of the molecule is Cc1cc(C)c([Si](C)(C)C)c([SiH3])c1. The minimum atomic E-state index is -1.11. The molecular weight excluding hydrogens is 188 g/mol. The summed E-state index contributed by atoms with van der Waals surface area (Å²) in [7, 11) is 0.0776. The summed E-state index contributed by atoms with van der Waals surface area (Å²) in [6, 6.07) is 4.70. The Hall–Kier alpha value is -0.346. The first kappa shape index (κ1) is 10.7. The van der Waals surface area contributed by atoms with Gasteiger partial charge in [0.2, 0.25) is 0 Å². The predicted molar refractivity (Wildman–Crippen MR) is 68.5 cm³/mol. The molecule has 0 nitrogen and oxygen atoms in total. The molecule has 0 aliphatic rings. The van der Waals surface area contributed by atoms with E-state index in [1.807, 2.05) is 0 Å². The first-order valence-electron chi connectivity index (χ1n) is 4.90. The lowest BCUT2D eigenvalue weighted by molar-refractivity contribution is 1.42. The van der Waals surface area contributed by atoms with Crippen molar-refractivity contribution in [1.82, 2.24) is 0 Å². The van der Waals surface area contributed by atoms with Gasteiger partial charge in [-0.1, -0.05) is 53.3 Å². The van der Waals surface area contributed by atoms with Gasteiger partial charge < -0.3 is 0 Å². The predicted octanol–water partition coefficient (Wildman–Crippen LogP) is 0.839. The fraction of sp³-hybridized carbons (Fsp3) is 0.455. The summed E-state index contributed by atoms with van der Waals surface area (Å²) in [4.78, 5) is 0. The normalized spacial score (nSPS) is 12.1. The number of hydrogen-bond acceptors (Lipinski definition) is 0. The summed E-state index contributed by atoms with van der Waals surface area (Å²) < 4.78 is 0. The Morgan fingerprint density at radius 3 is 2.00 bits per heavy atom. The molecule has 0 saturated heterocycles. The van der Waals surface area contributed by atoms with Crippen molar-refractivity contribution in [2.24, 2.45) is 0 Å². The fourth-order valence-electron chi connectivity index (χ4n) is 2.36. The maximum absolute atomic E-state index is 2.44. The summed E-state index contributed by atoms with van der Waals surface area (Å²) in [5, 5.41) is 3.32. The van der Waals surface area contributed by atoms with Crippen molar-refractivity contribution in [1.29, 1.82) is 0 Å². The highest BCUT2D eigenvalue weighted by Gasteiger charge is 2.20. The van der Waals surface area contributed by atoms with Gasteiger partial charge in [0.25, 0.3) is 0 Å². The fourth-order valence-corrected chi connectivity index (χ4v) is 7.97. The molecule has 13 heavy (non-hydrogen) atoms. The highest BCUT2D eigenvalue weighted by molar-refractivity contribution is 6.91. The largest absolute Gasteiger partial charge is 0.0777 e. The van der Waals surface area contributed by atoms with Gasteiger partial charge in [-0.15, -0.1) is 0 Å². The molecule has 0 unspecified atom stereocenters. The van der Waals surface area contributed by atoms with E-state index in [-0.39, 0.29) is 0 Å². The van der Waals surface area contributed by atoms with E-state index in [0.717, 1.165) is 0 Å². The Kier molecular flexibility index (Phi) is 2.83. The lowest BCUT2D eigenvalue weighted by Crippen LogP contribution is -2.48. The van der Waals surface area contributed by atoms with Gasteiger partial charge in [-0.05, 0) is 13.8 Å². The van der Waals surface area contributed by atoms with Crippen LogP contribution in [0.4, 0.5) is 0 Å². The minimum Gasteiger partial charge on any atom is -0.0710 e. The molecular formula is C11H20Si2. The molecule has 0 amide bonds. The first-order chi connectivity index (χ1) is 5.82. The molecule has 0 aliphatic carbocycles. The quantitative estimate of drug-likeness (QED) is 0.600. The van der Waals surface area contributed by atoms with Crippen LogP contribution in [0.5, 0.6) is 0 Å². The average molecular weight is 208 g/mol. The zero-order valence-electron chi connectivity index (χ0n) is 9.65. The number of rotatable bonds is 1. The van der Waals surface area contributed by atoms with Crippen molar-refractivity contribution in [2.75, 3.05) is 0 Å². The van der Waals surface area contributed by atoms with E-state index >= 15 is 0 Å². The van der Waals surface area contributed by atoms with Gasteiger partial charge in [-0.2, -0.15) is 0 Å². The van der Waals surface area contributed by atoms with Crippen LogP contribution in [0.25, 0.3) is 0 Å². The second kappa shape index (κ2) is 3.42. The van der Waals surface area contributed by atoms with Crippen molar-refractivity contribution in [2.45, 2.75) is 33.5 Å². The summed E-state index contributed by atoms with van der Waals surface area (Å²) >= 11 is 0. The highest BCUT2D eigenvalue weighted by Crippen LogP contribution is 2.06. The molecule has 1 aromatic rings. The molecule has 0 N–H and O–H groups in total. The topological polar surface area (TPSA) is 0 Å². The molecule has 0 radical (unpaired) electrons. The Morgan fingerprint density at radius 2 is 1.62 bits per heavy atom. The van der Waals surface area contributed by atoms with Crippen LogP contribution in [0.3, 0.4) is 0 Å². The van der Waals surface area contributed by atoms with Gasteiger partial charge in [0.15, 0.2) is 0 Å². The zero-order valence-corrected chi connectivity index (χ0v) is 12.7. The maximum Gasteiger partial charge on any atom is 0.0777 e. The van der Waals surface area contributed by atoms with Crippen LogP contribution in [0, 0.1) is 13.8 Å². The molecule has 0 bridgehead atoms. The number of aryl methyl sites for hydroxylation is 2. The van der Waals surface area contributed by atoms with Gasteiger partial charge in [0, 0.05) is 10.2 Å².